The second-order valence-corrected chi connectivity index (χ2v) is 8.65. The fourth-order valence-electron chi connectivity index (χ4n) is 3.49. The second kappa shape index (κ2) is 8.25. The highest BCUT2D eigenvalue weighted by Gasteiger charge is 2.32. The van der Waals surface area contributed by atoms with Crippen LogP contribution in [0.25, 0.3) is 11.7 Å². The van der Waals surface area contributed by atoms with Crippen molar-refractivity contribution >= 4 is 51.7 Å². The van der Waals surface area contributed by atoms with Crippen LogP contribution in [0.5, 0.6) is 0 Å². The zero-order chi connectivity index (χ0) is 20.5. The van der Waals surface area contributed by atoms with Crippen molar-refractivity contribution in [3.05, 3.63) is 44.7 Å². The molecule has 29 heavy (non-hydrogen) atoms. The van der Waals surface area contributed by atoms with Crippen molar-refractivity contribution in [2.24, 2.45) is 0 Å². The number of ether oxygens (including phenoxy) is 1. The number of pyridine rings is 1. The van der Waals surface area contributed by atoms with Crippen LogP contribution in [-0.2, 0) is 9.53 Å². The van der Waals surface area contributed by atoms with E-state index in [1.807, 2.05) is 26.0 Å². The molecule has 2 aromatic rings. The molecule has 152 valence electrons. The van der Waals surface area contributed by atoms with Gasteiger partial charge in [-0.1, -0.05) is 37.0 Å². The maximum absolute atomic E-state index is 13.4. The Hall–Kier alpha value is -2.23. The average Bonchev–Trinajstić information content (AvgIpc) is 2.99. The number of fused-ring (bicyclic) bond motifs is 1. The van der Waals surface area contributed by atoms with Crippen LogP contribution in [0.2, 0.25) is 0 Å². The van der Waals surface area contributed by atoms with E-state index in [0.717, 1.165) is 12.0 Å². The van der Waals surface area contributed by atoms with Crippen LogP contribution in [0.1, 0.15) is 24.5 Å². The second-order valence-electron chi connectivity index (χ2n) is 6.97. The van der Waals surface area contributed by atoms with E-state index in [2.05, 4.69) is 4.90 Å². The van der Waals surface area contributed by atoms with E-state index in [1.165, 1.54) is 16.2 Å². The monoisotopic (exact) mass is 430 g/mol. The first-order valence-electron chi connectivity index (χ1n) is 9.61. The summed E-state index contributed by atoms with van der Waals surface area (Å²) in [5.41, 5.74) is 1.75. The van der Waals surface area contributed by atoms with E-state index in [4.69, 9.17) is 21.9 Å². The zero-order valence-electron chi connectivity index (χ0n) is 16.4. The number of carbonyl (C=O) groups excluding carboxylic acids is 1. The number of aryl methyl sites for hydroxylation is 1. The van der Waals surface area contributed by atoms with E-state index in [1.54, 1.807) is 17.2 Å². The van der Waals surface area contributed by atoms with Gasteiger partial charge in [0.05, 0.1) is 23.7 Å². The van der Waals surface area contributed by atoms with Gasteiger partial charge < -0.3 is 9.64 Å². The Morgan fingerprint density at radius 1 is 1.31 bits per heavy atom. The molecular weight excluding hydrogens is 408 g/mol. The fourth-order valence-corrected chi connectivity index (χ4v) is 4.78. The number of anilines is 1. The van der Waals surface area contributed by atoms with Crippen molar-refractivity contribution < 1.29 is 9.53 Å². The summed E-state index contributed by atoms with van der Waals surface area (Å²) in [6, 6.07) is 3.75. The molecule has 2 fully saturated rings. The third kappa shape index (κ3) is 3.70. The predicted octanol–water partition coefficient (Wildman–Crippen LogP) is 2.45. The van der Waals surface area contributed by atoms with Gasteiger partial charge in [0, 0.05) is 25.8 Å². The minimum atomic E-state index is -0.194. The fraction of sp³-hybridized carbons (Fsp3) is 0.400. The highest BCUT2D eigenvalue weighted by Crippen LogP contribution is 2.33. The SMILES string of the molecule is CCCN1C(=O)/C(=C\c2c(N3CCOCC3)nc3c(C)cccn3c2=O)SC1=S. The van der Waals surface area contributed by atoms with Crippen molar-refractivity contribution in [2.75, 3.05) is 37.7 Å². The van der Waals surface area contributed by atoms with Gasteiger partial charge in [0.25, 0.3) is 11.5 Å². The summed E-state index contributed by atoms with van der Waals surface area (Å²) in [4.78, 5) is 35.1. The number of hydrogen-bond donors (Lipinski definition) is 0. The lowest BCUT2D eigenvalue weighted by Gasteiger charge is -2.29. The highest BCUT2D eigenvalue weighted by atomic mass is 32.2. The van der Waals surface area contributed by atoms with Crippen molar-refractivity contribution in [3.63, 3.8) is 0 Å². The lowest BCUT2D eigenvalue weighted by molar-refractivity contribution is -0.122. The minimum absolute atomic E-state index is 0.150. The molecule has 0 unspecified atom stereocenters. The molecule has 0 N–H and O–H groups in total. The summed E-state index contributed by atoms with van der Waals surface area (Å²) < 4.78 is 7.53. The molecule has 4 heterocycles. The summed E-state index contributed by atoms with van der Waals surface area (Å²) >= 11 is 6.60. The number of nitrogens with zero attached hydrogens (tertiary/aromatic N) is 4. The average molecular weight is 431 g/mol. The van der Waals surface area contributed by atoms with Gasteiger partial charge in [0.2, 0.25) is 0 Å². The van der Waals surface area contributed by atoms with Crippen LogP contribution in [-0.4, -0.2) is 57.4 Å². The van der Waals surface area contributed by atoms with E-state index >= 15 is 0 Å². The first kappa shape index (κ1) is 20.1. The van der Waals surface area contributed by atoms with Crippen molar-refractivity contribution in [2.45, 2.75) is 20.3 Å². The van der Waals surface area contributed by atoms with Gasteiger partial charge in [0.15, 0.2) is 0 Å². The number of hydrogen-bond acceptors (Lipinski definition) is 7. The van der Waals surface area contributed by atoms with Gasteiger partial charge in [-0.3, -0.25) is 18.9 Å². The van der Waals surface area contributed by atoms with Crippen LogP contribution in [0, 0.1) is 6.92 Å². The van der Waals surface area contributed by atoms with Crippen LogP contribution in [0.15, 0.2) is 28.0 Å². The largest absolute Gasteiger partial charge is 0.378 e. The van der Waals surface area contributed by atoms with E-state index in [-0.39, 0.29) is 11.5 Å². The molecule has 1 amide bonds. The molecule has 0 aromatic carbocycles. The number of thiocarbonyl (C=S) groups is 1. The van der Waals surface area contributed by atoms with E-state index < -0.39 is 0 Å². The predicted molar refractivity (Wildman–Crippen MR) is 119 cm³/mol. The smallest absolute Gasteiger partial charge is 0.267 e. The summed E-state index contributed by atoms with van der Waals surface area (Å²) in [5.74, 6) is 0.442. The molecule has 0 aliphatic carbocycles. The van der Waals surface area contributed by atoms with Gasteiger partial charge in [-0.15, -0.1) is 0 Å². The molecule has 9 heteroatoms. The molecule has 0 spiro atoms. The maximum atomic E-state index is 13.4. The Balaban J connectivity index is 1.88. The first-order chi connectivity index (χ1) is 14.0. The summed E-state index contributed by atoms with van der Waals surface area (Å²) in [6.07, 6.45) is 4.18. The van der Waals surface area contributed by atoms with Gasteiger partial charge in [-0.05, 0) is 31.1 Å². The number of thioether (sulfide) groups is 1. The lowest BCUT2D eigenvalue weighted by atomic mass is 10.2. The van der Waals surface area contributed by atoms with Crippen LogP contribution in [0.4, 0.5) is 5.82 Å². The van der Waals surface area contributed by atoms with Gasteiger partial charge >= 0.3 is 0 Å². The van der Waals surface area contributed by atoms with Gasteiger partial charge in [-0.25, -0.2) is 4.98 Å². The molecule has 2 aliphatic heterocycles. The molecule has 2 saturated heterocycles. The minimum Gasteiger partial charge on any atom is -0.378 e. The topological polar surface area (TPSA) is 67.2 Å². The normalized spacial score (nSPS) is 19.0. The maximum Gasteiger partial charge on any atom is 0.267 e. The Morgan fingerprint density at radius 2 is 2.07 bits per heavy atom. The quantitative estimate of drug-likeness (QED) is 0.545. The number of morpholine rings is 1. The van der Waals surface area contributed by atoms with Crippen LogP contribution >= 0.6 is 24.0 Å². The van der Waals surface area contributed by atoms with Gasteiger partial charge in [0.1, 0.15) is 15.8 Å². The van der Waals surface area contributed by atoms with Crippen molar-refractivity contribution in [1.82, 2.24) is 14.3 Å². The first-order valence-corrected chi connectivity index (χ1v) is 10.8. The molecule has 2 aliphatic rings. The Kier molecular flexibility index (Phi) is 5.71. The van der Waals surface area contributed by atoms with Crippen LogP contribution in [0.3, 0.4) is 0 Å². The number of carbonyl (C=O) groups is 1. The molecular formula is C20H22N4O3S2. The number of aromatic nitrogens is 2. The van der Waals surface area contributed by atoms with Crippen molar-refractivity contribution in [3.8, 4) is 0 Å². The van der Waals surface area contributed by atoms with Gasteiger partial charge in [-0.2, -0.15) is 0 Å². The van der Waals surface area contributed by atoms with Crippen LogP contribution < -0.4 is 10.5 Å². The highest BCUT2D eigenvalue weighted by molar-refractivity contribution is 8.26. The van der Waals surface area contributed by atoms with Crippen molar-refractivity contribution in [1.29, 1.82) is 0 Å². The molecule has 0 saturated carbocycles. The third-order valence-corrected chi connectivity index (χ3v) is 6.35. The molecule has 0 bridgehead atoms. The zero-order valence-corrected chi connectivity index (χ0v) is 18.0. The summed E-state index contributed by atoms with van der Waals surface area (Å²) in [6.45, 7) is 6.95. The Morgan fingerprint density at radius 3 is 2.79 bits per heavy atom. The molecule has 4 rings (SSSR count). The summed E-state index contributed by atoms with van der Waals surface area (Å²) in [5, 5.41) is 0. The molecule has 0 atom stereocenters. The van der Waals surface area contributed by atoms with E-state index in [9.17, 15) is 9.59 Å². The molecule has 2 aromatic heterocycles. The number of amides is 1. The Labute approximate surface area is 178 Å². The molecule has 7 nitrogen and oxygen atoms in total. The molecule has 0 radical (unpaired) electrons. The Bertz CT molecular complexity index is 1070. The standard InChI is InChI=1S/C20H22N4O3S2/c1-3-6-24-19(26)15(29-20(24)28)12-14-17(22-8-10-27-11-9-22)21-16-13(2)5-4-7-23(16)18(14)25/h4-5,7,12H,3,6,8-11H2,1-2H3/b15-12+. The lowest BCUT2D eigenvalue weighted by Crippen LogP contribution is -2.38. The third-order valence-electron chi connectivity index (χ3n) is 4.97. The number of rotatable bonds is 4. The summed E-state index contributed by atoms with van der Waals surface area (Å²) in [7, 11) is 0. The van der Waals surface area contributed by atoms with E-state index in [0.29, 0.717) is 59.1 Å².